The Morgan fingerprint density at radius 3 is 2.86 bits per heavy atom. The molecule has 0 bridgehead atoms. The fourth-order valence-corrected chi connectivity index (χ4v) is 3.44. The van der Waals surface area contributed by atoms with Crippen LogP contribution in [-0.2, 0) is 9.59 Å². The molecule has 0 aromatic carbocycles. The van der Waals surface area contributed by atoms with E-state index in [2.05, 4.69) is 10.3 Å². The molecule has 0 aliphatic carbocycles. The van der Waals surface area contributed by atoms with E-state index in [1.54, 1.807) is 6.20 Å². The predicted octanol–water partition coefficient (Wildman–Crippen LogP) is 1.09. The number of hydrogen-bond donors (Lipinski definition) is 2. The van der Waals surface area contributed by atoms with E-state index in [0.717, 1.165) is 44.3 Å². The van der Waals surface area contributed by atoms with Gasteiger partial charge in [-0.2, -0.15) is 0 Å². The molecule has 1 aromatic rings. The van der Waals surface area contributed by atoms with Gasteiger partial charge in [0.15, 0.2) is 0 Å². The van der Waals surface area contributed by atoms with Gasteiger partial charge in [-0.05, 0) is 37.7 Å². The molecule has 0 saturated carbocycles. The van der Waals surface area contributed by atoms with Gasteiger partial charge >= 0.3 is 0 Å². The monoisotopic (exact) mass is 302 g/mol. The largest absolute Gasteiger partial charge is 0.342 e. The zero-order valence-electron chi connectivity index (χ0n) is 12.6. The van der Waals surface area contributed by atoms with E-state index in [0.29, 0.717) is 11.7 Å². The number of nitrogens with two attached hydrogens (primary N) is 1. The van der Waals surface area contributed by atoms with Crippen LogP contribution in [0.5, 0.6) is 0 Å². The lowest BCUT2D eigenvalue weighted by molar-refractivity contribution is -0.131. The molecule has 3 rings (SSSR count). The Morgan fingerprint density at radius 1 is 1.36 bits per heavy atom. The maximum atomic E-state index is 12.1. The first kappa shape index (κ1) is 15.0. The van der Waals surface area contributed by atoms with Gasteiger partial charge in [0.05, 0.1) is 12.5 Å². The Bertz CT molecular complexity index is 567. The van der Waals surface area contributed by atoms with Crippen LogP contribution in [0.25, 0.3) is 0 Å². The molecule has 1 saturated heterocycles. The number of nitrogens with zero attached hydrogens (tertiary/aromatic N) is 2. The fraction of sp³-hybridized carbons (Fsp3) is 0.562. The molecular weight excluding hydrogens is 280 g/mol. The highest BCUT2D eigenvalue weighted by molar-refractivity contribution is 6.01. The first-order valence-corrected chi connectivity index (χ1v) is 7.92. The number of carbonyl (C=O) groups excluding carboxylic acids is 2. The summed E-state index contributed by atoms with van der Waals surface area (Å²) in [4.78, 5) is 29.7. The SMILES string of the molecule is NCC(=O)N1CCC(CCC2C(=O)Nc3ncccc32)CC1. The highest BCUT2D eigenvalue weighted by Crippen LogP contribution is 2.35. The third-order valence-electron chi connectivity index (χ3n) is 4.78. The van der Waals surface area contributed by atoms with E-state index >= 15 is 0 Å². The molecule has 6 nitrogen and oxygen atoms in total. The van der Waals surface area contributed by atoms with E-state index in [1.165, 1.54) is 0 Å². The van der Waals surface area contributed by atoms with Gasteiger partial charge < -0.3 is 16.0 Å². The Balaban J connectivity index is 1.52. The lowest BCUT2D eigenvalue weighted by atomic mass is 9.87. The summed E-state index contributed by atoms with van der Waals surface area (Å²) in [7, 11) is 0. The van der Waals surface area contributed by atoms with Gasteiger partial charge in [-0.3, -0.25) is 9.59 Å². The molecule has 1 fully saturated rings. The summed E-state index contributed by atoms with van der Waals surface area (Å²) in [5.41, 5.74) is 6.41. The van der Waals surface area contributed by atoms with Gasteiger partial charge in [0.1, 0.15) is 5.82 Å². The van der Waals surface area contributed by atoms with E-state index in [-0.39, 0.29) is 24.3 Å². The van der Waals surface area contributed by atoms with Crippen molar-refractivity contribution in [2.45, 2.75) is 31.6 Å². The molecule has 3 heterocycles. The number of hydrogen-bond acceptors (Lipinski definition) is 4. The summed E-state index contributed by atoms with van der Waals surface area (Å²) in [5, 5.41) is 2.85. The summed E-state index contributed by atoms with van der Waals surface area (Å²) < 4.78 is 0. The van der Waals surface area contributed by atoms with Gasteiger partial charge in [0.25, 0.3) is 0 Å². The molecule has 2 aliphatic heterocycles. The molecule has 118 valence electrons. The summed E-state index contributed by atoms with van der Waals surface area (Å²) in [6.45, 7) is 1.67. The average molecular weight is 302 g/mol. The van der Waals surface area contributed by atoms with Crippen molar-refractivity contribution in [1.82, 2.24) is 9.88 Å². The van der Waals surface area contributed by atoms with Gasteiger partial charge in [-0.15, -0.1) is 0 Å². The topological polar surface area (TPSA) is 88.3 Å². The van der Waals surface area contributed by atoms with E-state index in [1.807, 2.05) is 17.0 Å². The van der Waals surface area contributed by atoms with Crippen LogP contribution in [0.3, 0.4) is 0 Å². The van der Waals surface area contributed by atoms with Gasteiger partial charge in [-0.25, -0.2) is 4.98 Å². The summed E-state index contributed by atoms with van der Waals surface area (Å²) in [5.74, 6) is 1.31. The number of carbonyl (C=O) groups is 2. The van der Waals surface area contributed by atoms with Crippen LogP contribution in [0.15, 0.2) is 18.3 Å². The molecular formula is C16H22N4O2. The number of nitrogens with one attached hydrogen (secondary N) is 1. The maximum Gasteiger partial charge on any atom is 0.236 e. The van der Waals surface area contributed by atoms with E-state index in [9.17, 15) is 9.59 Å². The molecule has 0 spiro atoms. The van der Waals surface area contributed by atoms with Crippen molar-refractivity contribution < 1.29 is 9.59 Å². The van der Waals surface area contributed by atoms with Gasteiger partial charge in [0.2, 0.25) is 11.8 Å². The Labute approximate surface area is 130 Å². The van der Waals surface area contributed by atoms with Crippen LogP contribution in [-0.4, -0.2) is 41.3 Å². The molecule has 22 heavy (non-hydrogen) atoms. The van der Waals surface area contributed by atoms with Crippen molar-refractivity contribution in [1.29, 1.82) is 0 Å². The summed E-state index contributed by atoms with van der Waals surface area (Å²) in [6, 6.07) is 3.86. The standard InChI is InChI=1S/C16H22N4O2/c17-10-14(21)20-8-5-11(6-9-20)3-4-13-12-2-1-7-18-15(12)19-16(13)22/h1-2,7,11,13H,3-6,8-10,17H2,(H,18,19,22). The Morgan fingerprint density at radius 2 is 2.14 bits per heavy atom. The highest BCUT2D eigenvalue weighted by Gasteiger charge is 2.32. The van der Waals surface area contributed by atoms with Gasteiger partial charge in [0, 0.05) is 24.8 Å². The molecule has 6 heteroatoms. The van der Waals surface area contributed by atoms with Crippen molar-refractivity contribution in [2.24, 2.45) is 11.7 Å². The molecule has 1 aromatic heterocycles. The van der Waals surface area contributed by atoms with Crippen molar-refractivity contribution in [2.75, 3.05) is 25.0 Å². The highest BCUT2D eigenvalue weighted by atomic mass is 16.2. The fourth-order valence-electron chi connectivity index (χ4n) is 3.44. The van der Waals surface area contributed by atoms with Crippen molar-refractivity contribution in [3.8, 4) is 0 Å². The zero-order valence-corrected chi connectivity index (χ0v) is 12.6. The van der Waals surface area contributed by atoms with Crippen molar-refractivity contribution >= 4 is 17.6 Å². The summed E-state index contributed by atoms with van der Waals surface area (Å²) >= 11 is 0. The third kappa shape index (κ3) is 2.97. The average Bonchev–Trinajstić information content (AvgIpc) is 2.88. The minimum atomic E-state index is -0.0765. The lowest BCUT2D eigenvalue weighted by Crippen LogP contribution is -2.41. The van der Waals surface area contributed by atoms with Crippen LogP contribution < -0.4 is 11.1 Å². The number of anilines is 1. The van der Waals surface area contributed by atoms with E-state index in [4.69, 9.17) is 5.73 Å². The van der Waals surface area contributed by atoms with Crippen LogP contribution >= 0.6 is 0 Å². The Hall–Kier alpha value is -1.95. The lowest BCUT2D eigenvalue weighted by Gasteiger charge is -2.32. The molecule has 0 radical (unpaired) electrons. The number of pyridine rings is 1. The zero-order chi connectivity index (χ0) is 15.5. The van der Waals surface area contributed by atoms with Crippen molar-refractivity contribution in [3.63, 3.8) is 0 Å². The molecule has 1 atom stereocenters. The Kier molecular flexibility index (Phi) is 4.38. The minimum Gasteiger partial charge on any atom is -0.342 e. The number of piperidine rings is 1. The number of likely N-dealkylation sites (tertiary alicyclic amines) is 1. The number of aromatic nitrogens is 1. The van der Waals surface area contributed by atoms with Gasteiger partial charge in [-0.1, -0.05) is 6.07 Å². The number of fused-ring (bicyclic) bond motifs is 1. The molecule has 2 amide bonds. The second kappa shape index (κ2) is 6.44. The van der Waals surface area contributed by atoms with Crippen molar-refractivity contribution in [3.05, 3.63) is 23.9 Å². The summed E-state index contributed by atoms with van der Waals surface area (Å²) in [6.07, 6.45) is 5.56. The minimum absolute atomic E-state index is 0.0358. The van der Waals surface area contributed by atoms with E-state index < -0.39 is 0 Å². The van der Waals surface area contributed by atoms with Crippen LogP contribution in [0.4, 0.5) is 5.82 Å². The molecule has 3 N–H and O–H groups in total. The smallest absolute Gasteiger partial charge is 0.236 e. The first-order valence-electron chi connectivity index (χ1n) is 7.92. The normalized spacial score (nSPS) is 21.6. The second-order valence-electron chi connectivity index (χ2n) is 6.09. The van der Waals surface area contributed by atoms with Crippen LogP contribution in [0.2, 0.25) is 0 Å². The molecule has 2 aliphatic rings. The predicted molar refractivity (Wildman–Crippen MR) is 83.2 cm³/mol. The first-order chi connectivity index (χ1) is 10.7. The molecule has 1 unspecified atom stereocenters. The third-order valence-corrected chi connectivity index (χ3v) is 4.78. The maximum absolute atomic E-state index is 12.1. The van der Waals surface area contributed by atoms with Crippen LogP contribution in [0, 0.1) is 5.92 Å². The number of amides is 2. The van der Waals surface area contributed by atoms with Crippen LogP contribution in [0.1, 0.15) is 37.2 Å². The second-order valence-corrected chi connectivity index (χ2v) is 6.09. The quantitative estimate of drug-likeness (QED) is 0.871. The number of rotatable bonds is 4.